The number of hydrogen-bond donors (Lipinski definition) is 1. The highest BCUT2D eigenvalue weighted by Gasteiger charge is 2.22. The van der Waals surface area contributed by atoms with Crippen molar-refractivity contribution in [1.29, 1.82) is 0 Å². The molecule has 0 radical (unpaired) electrons. The number of fused-ring (bicyclic) bond motifs is 1. The molecule has 0 spiro atoms. The van der Waals surface area contributed by atoms with E-state index in [-0.39, 0.29) is 11.9 Å². The summed E-state index contributed by atoms with van der Waals surface area (Å²) in [7, 11) is 0. The van der Waals surface area contributed by atoms with Crippen molar-refractivity contribution >= 4 is 5.91 Å². The zero-order chi connectivity index (χ0) is 18.5. The SMILES string of the molecule is CC[C@@H](Oc1ccccc1C)C(=O)N[C@@H](C)c1ccc2c(c1)OCCO2. The first kappa shape index (κ1) is 18.1. The van der Waals surface area contributed by atoms with E-state index in [0.717, 1.165) is 28.4 Å². The molecular weight excluding hydrogens is 330 g/mol. The Labute approximate surface area is 154 Å². The number of para-hydroxylation sites is 1. The highest BCUT2D eigenvalue weighted by molar-refractivity contribution is 5.81. The molecule has 138 valence electrons. The van der Waals surface area contributed by atoms with E-state index in [1.807, 2.05) is 63.2 Å². The number of nitrogens with one attached hydrogen (secondary N) is 1. The van der Waals surface area contributed by atoms with E-state index < -0.39 is 6.10 Å². The molecule has 2 atom stereocenters. The van der Waals surface area contributed by atoms with E-state index in [4.69, 9.17) is 14.2 Å². The summed E-state index contributed by atoms with van der Waals surface area (Å²) in [5.74, 6) is 2.07. The Morgan fingerprint density at radius 1 is 1.15 bits per heavy atom. The van der Waals surface area contributed by atoms with Gasteiger partial charge in [0.2, 0.25) is 0 Å². The number of benzene rings is 2. The number of aryl methyl sites for hydroxylation is 1. The van der Waals surface area contributed by atoms with Crippen LogP contribution >= 0.6 is 0 Å². The van der Waals surface area contributed by atoms with Crippen molar-refractivity contribution in [2.75, 3.05) is 13.2 Å². The van der Waals surface area contributed by atoms with Crippen LogP contribution < -0.4 is 19.5 Å². The standard InChI is InChI=1S/C21H25NO4/c1-4-17(26-18-8-6-5-7-14(18)2)21(23)22-15(3)16-9-10-19-20(13-16)25-12-11-24-19/h5-10,13,15,17H,4,11-12H2,1-3H3,(H,22,23)/t15-,17+/m0/s1. The molecule has 1 aliphatic heterocycles. The Morgan fingerprint density at radius 3 is 2.62 bits per heavy atom. The highest BCUT2D eigenvalue weighted by atomic mass is 16.6. The Morgan fingerprint density at radius 2 is 1.88 bits per heavy atom. The molecule has 2 aromatic carbocycles. The molecule has 1 amide bonds. The summed E-state index contributed by atoms with van der Waals surface area (Å²) in [5, 5.41) is 3.03. The molecule has 0 saturated heterocycles. The number of carbonyl (C=O) groups is 1. The van der Waals surface area contributed by atoms with E-state index >= 15 is 0 Å². The van der Waals surface area contributed by atoms with E-state index in [1.54, 1.807) is 0 Å². The highest BCUT2D eigenvalue weighted by Crippen LogP contribution is 2.32. The van der Waals surface area contributed by atoms with Crippen LogP contribution in [0.25, 0.3) is 0 Å². The molecule has 5 heteroatoms. The molecule has 0 aliphatic carbocycles. The molecule has 26 heavy (non-hydrogen) atoms. The molecule has 5 nitrogen and oxygen atoms in total. The number of hydrogen-bond acceptors (Lipinski definition) is 4. The second kappa shape index (κ2) is 8.13. The minimum atomic E-state index is -0.532. The molecule has 0 saturated carbocycles. The van der Waals surface area contributed by atoms with Crippen LogP contribution in [0.15, 0.2) is 42.5 Å². The van der Waals surface area contributed by atoms with Crippen molar-refractivity contribution in [3.63, 3.8) is 0 Å². The Bertz CT molecular complexity index is 774. The maximum Gasteiger partial charge on any atom is 0.261 e. The van der Waals surface area contributed by atoms with Crippen LogP contribution in [0.1, 0.15) is 37.4 Å². The first-order valence-corrected chi connectivity index (χ1v) is 9.00. The van der Waals surface area contributed by atoms with Gasteiger partial charge in [0.1, 0.15) is 19.0 Å². The monoisotopic (exact) mass is 355 g/mol. The minimum Gasteiger partial charge on any atom is -0.486 e. The summed E-state index contributed by atoms with van der Waals surface area (Å²) >= 11 is 0. The zero-order valence-corrected chi connectivity index (χ0v) is 15.5. The molecule has 0 unspecified atom stereocenters. The van der Waals surface area contributed by atoms with E-state index in [9.17, 15) is 4.79 Å². The average molecular weight is 355 g/mol. The van der Waals surface area contributed by atoms with Gasteiger partial charge >= 0.3 is 0 Å². The third-order valence-electron chi connectivity index (χ3n) is 4.45. The van der Waals surface area contributed by atoms with Crippen LogP contribution in [0.2, 0.25) is 0 Å². The van der Waals surface area contributed by atoms with Crippen molar-refractivity contribution in [1.82, 2.24) is 5.32 Å². The maximum atomic E-state index is 12.7. The summed E-state index contributed by atoms with van der Waals surface area (Å²) in [6, 6.07) is 13.3. The molecular formula is C21H25NO4. The lowest BCUT2D eigenvalue weighted by Crippen LogP contribution is -2.39. The topological polar surface area (TPSA) is 56.8 Å². The Balaban J connectivity index is 1.66. The van der Waals surface area contributed by atoms with E-state index in [2.05, 4.69) is 5.32 Å². The number of ether oxygens (including phenoxy) is 3. The molecule has 0 fully saturated rings. The van der Waals surface area contributed by atoms with Gasteiger partial charge in [-0.1, -0.05) is 31.2 Å². The summed E-state index contributed by atoms with van der Waals surface area (Å²) < 4.78 is 17.1. The third kappa shape index (κ3) is 4.10. The summed E-state index contributed by atoms with van der Waals surface area (Å²) in [6.45, 7) is 6.96. The maximum absolute atomic E-state index is 12.7. The molecule has 2 aromatic rings. The van der Waals surface area contributed by atoms with Gasteiger partial charge in [-0.05, 0) is 49.6 Å². The summed E-state index contributed by atoms with van der Waals surface area (Å²) in [6.07, 6.45) is 0.0596. The Kier molecular flexibility index (Phi) is 5.66. The van der Waals surface area contributed by atoms with Crippen LogP contribution in [-0.4, -0.2) is 25.2 Å². The first-order chi connectivity index (χ1) is 12.6. The average Bonchev–Trinajstić information content (AvgIpc) is 2.66. The van der Waals surface area contributed by atoms with Gasteiger partial charge in [0, 0.05) is 0 Å². The van der Waals surface area contributed by atoms with Crippen LogP contribution in [0, 0.1) is 6.92 Å². The van der Waals surface area contributed by atoms with Crippen molar-refractivity contribution in [2.24, 2.45) is 0 Å². The quantitative estimate of drug-likeness (QED) is 0.856. The second-order valence-electron chi connectivity index (χ2n) is 6.41. The van der Waals surface area contributed by atoms with Gasteiger partial charge < -0.3 is 19.5 Å². The third-order valence-corrected chi connectivity index (χ3v) is 4.45. The van der Waals surface area contributed by atoms with Crippen molar-refractivity contribution in [3.05, 3.63) is 53.6 Å². The molecule has 1 aliphatic rings. The van der Waals surface area contributed by atoms with Crippen LogP contribution in [0.3, 0.4) is 0 Å². The predicted octanol–water partition coefficient (Wildman–Crippen LogP) is 3.80. The molecule has 0 bridgehead atoms. The van der Waals surface area contributed by atoms with Gasteiger partial charge in [0.25, 0.3) is 5.91 Å². The number of carbonyl (C=O) groups excluding carboxylic acids is 1. The summed E-state index contributed by atoms with van der Waals surface area (Å²) in [4.78, 5) is 12.7. The fraction of sp³-hybridized carbons (Fsp3) is 0.381. The van der Waals surface area contributed by atoms with Gasteiger partial charge in [0.15, 0.2) is 17.6 Å². The van der Waals surface area contributed by atoms with Crippen LogP contribution in [0.5, 0.6) is 17.2 Å². The van der Waals surface area contributed by atoms with E-state index in [0.29, 0.717) is 19.6 Å². The number of amides is 1. The second-order valence-corrected chi connectivity index (χ2v) is 6.41. The van der Waals surface area contributed by atoms with Gasteiger partial charge in [-0.15, -0.1) is 0 Å². The molecule has 1 heterocycles. The lowest BCUT2D eigenvalue weighted by atomic mass is 10.1. The fourth-order valence-electron chi connectivity index (χ4n) is 2.88. The largest absolute Gasteiger partial charge is 0.486 e. The van der Waals surface area contributed by atoms with Gasteiger partial charge in [-0.25, -0.2) is 0 Å². The van der Waals surface area contributed by atoms with Crippen molar-refractivity contribution < 1.29 is 19.0 Å². The van der Waals surface area contributed by atoms with Crippen LogP contribution in [-0.2, 0) is 4.79 Å². The van der Waals surface area contributed by atoms with Crippen molar-refractivity contribution in [3.8, 4) is 17.2 Å². The molecule has 0 aromatic heterocycles. The predicted molar refractivity (Wildman–Crippen MR) is 99.9 cm³/mol. The Hall–Kier alpha value is -2.69. The fourth-order valence-corrected chi connectivity index (χ4v) is 2.88. The summed E-state index contributed by atoms with van der Waals surface area (Å²) in [5.41, 5.74) is 1.98. The smallest absolute Gasteiger partial charge is 0.261 e. The van der Waals surface area contributed by atoms with Gasteiger partial charge in [0.05, 0.1) is 6.04 Å². The van der Waals surface area contributed by atoms with Crippen LogP contribution in [0.4, 0.5) is 0 Å². The van der Waals surface area contributed by atoms with Gasteiger partial charge in [-0.3, -0.25) is 4.79 Å². The normalized spacial score (nSPS) is 15.0. The lowest BCUT2D eigenvalue weighted by Gasteiger charge is -2.23. The molecule has 3 rings (SSSR count). The minimum absolute atomic E-state index is 0.127. The molecule has 1 N–H and O–H groups in total. The zero-order valence-electron chi connectivity index (χ0n) is 15.5. The lowest BCUT2D eigenvalue weighted by molar-refractivity contribution is -0.128. The van der Waals surface area contributed by atoms with Gasteiger partial charge in [-0.2, -0.15) is 0 Å². The first-order valence-electron chi connectivity index (χ1n) is 9.00. The van der Waals surface area contributed by atoms with Crippen molar-refractivity contribution in [2.45, 2.75) is 39.3 Å². The number of rotatable bonds is 6. The van der Waals surface area contributed by atoms with E-state index in [1.165, 1.54) is 0 Å².